The van der Waals surface area contributed by atoms with Crippen molar-refractivity contribution in [2.24, 2.45) is 5.92 Å². The van der Waals surface area contributed by atoms with Crippen LogP contribution in [0.4, 0.5) is 10.1 Å². The van der Waals surface area contributed by atoms with E-state index in [2.05, 4.69) is 0 Å². The van der Waals surface area contributed by atoms with E-state index in [0.29, 0.717) is 29.9 Å². The molecule has 0 saturated carbocycles. The topological polar surface area (TPSA) is 63.4 Å². The van der Waals surface area contributed by atoms with Crippen LogP contribution in [0, 0.1) is 18.7 Å². The van der Waals surface area contributed by atoms with Crippen LogP contribution in [-0.2, 0) is 0 Å². The molecule has 0 spiro atoms. The van der Waals surface area contributed by atoms with Gasteiger partial charge in [-0.15, -0.1) is 0 Å². The Morgan fingerprint density at radius 1 is 1.16 bits per heavy atom. The minimum atomic E-state index is -0.367. The van der Waals surface area contributed by atoms with E-state index in [0.717, 1.165) is 18.4 Å². The summed E-state index contributed by atoms with van der Waals surface area (Å²) in [7, 11) is 0. The maximum Gasteiger partial charge on any atom is 0.254 e. The summed E-state index contributed by atoms with van der Waals surface area (Å²) in [5.41, 5.74) is 8.28. The number of carbonyl (C=O) groups is 2. The molecule has 130 valence electrons. The molecule has 1 aliphatic rings. The Morgan fingerprint density at radius 3 is 2.60 bits per heavy atom. The van der Waals surface area contributed by atoms with E-state index in [4.69, 9.17) is 5.73 Å². The molecule has 5 heteroatoms. The zero-order chi connectivity index (χ0) is 18.0. The number of nitrogens with two attached hydrogens (primary N) is 1. The van der Waals surface area contributed by atoms with Crippen LogP contribution >= 0.6 is 0 Å². The Labute approximate surface area is 146 Å². The largest absolute Gasteiger partial charge is 0.399 e. The van der Waals surface area contributed by atoms with Gasteiger partial charge in [0.1, 0.15) is 5.82 Å². The zero-order valence-electron chi connectivity index (χ0n) is 14.2. The molecule has 4 nitrogen and oxygen atoms in total. The summed E-state index contributed by atoms with van der Waals surface area (Å²) in [5.74, 6) is -0.762. The second-order valence-electron chi connectivity index (χ2n) is 6.54. The summed E-state index contributed by atoms with van der Waals surface area (Å²) in [5, 5.41) is 0. The van der Waals surface area contributed by atoms with Gasteiger partial charge in [0.2, 0.25) is 0 Å². The van der Waals surface area contributed by atoms with Gasteiger partial charge in [-0.25, -0.2) is 4.39 Å². The average Bonchev–Trinajstić information content (AvgIpc) is 2.63. The first kappa shape index (κ1) is 17.1. The van der Waals surface area contributed by atoms with Gasteiger partial charge in [0, 0.05) is 35.8 Å². The molecule has 0 aromatic heterocycles. The van der Waals surface area contributed by atoms with E-state index in [9.17, 15) is 14.0 Å². The third-order valence-corrected chi connectivity index (χ3v) is 4.70. The van der Waals surface area contributed by atoms with Crippen molar-refractivity contribution < 1.29 is 14.0 Å². The molecule has 1 aliphatic heterocycles. The van der Waals surface area contributed by atoms with E-state index < -0.39 is 0 Å². The number of Topliss-reactive ketones (excluding diaryl/α,β-unsaturated/α-hetero) is 1. The summed E-state index contributed by atoms with van der Waals surface area (Å²) >= 11 is 0. The van der Waals surface area contributed by atoms with E-state index in [1.165, 1.54) is 24.3 Å². The lowest BCUT2D eigenvalue weighted by Gasteiger charge is -2.32. The highest BCUT2D eigenvalue weighted by molar-refractivity contribution is 6.00. The summed E-state index contributed by atoms with van der Waals surface area (Å²) in [6, 6.07) is 10.9. The maximum atomic E-state index is 13.0. The molecule has 1 heterocycles. The second-order valence-corrected chi connectivity index (χ2v) is 6.54. The van der Waals surface area contributed by atoms with Crippen molar-refractivity contribution in [3.63, 3.8) is 0 Å². The number of nitrogen functional groups attached to an aromatic ring is 1. The number of ketones is 1. The lowest BCUT2D eigenvalue weighted by Crippen LogP contribution is -2.42. The molecule has 1 unspecified atom stereocenters. The highest BCUT2D eigenvalue weighted by atomic mass is 19.1. The number of likely N-dealkylation sites (tertiary alicyclic amines) is 1. The number of benzene rings is 2. The normalized spacial score (nSPS) is 17.4. The maximum absolute atomic E-state index is 13.0. The summed E-state index contributed by atoms with van der Waals surface area (Å²) in [6.45, 7) is 2.88. The quantitative estimate of drug-likeness (QED) is 0.687. The zero-order valence-corrected chi connectivity index (χ0v) is 14.2. The van der Waals surface area contributed by atoms with E-state index in [1.54, 1.807) is 17.0 Å². The number of rotatable bonds is 3. The van der Waals surface area contributed by atoms with Gasteiger partial charge in [-0.1, -0.05) is 6.07 Å². The Balaban J connectivity index is 1.76. The third kappa shape index (κ3) is 3.71. The van der Waals surface area contributed by atoms with Gasteiger partial charge in [-0.3, -0.25) is 9.59 Å². The average molecular weight is 340 g/mol. The first-order chi connectivity index (χ1) is 12.0. The van der Waals surface area contributed by atoms with Gasteiger partial charge in [-0.2, -0.15) is 0 Å². The van der Waals surface area contributed by atoms with E-state index >= 15 is 0 Å². The first-order valence-electron chi connectivity index (χ1n) is 8.41. The van der Waals surface area contributed by atoms with Crippen LogP contribution in [0.15, 0.2) is 42.5 Å². The molecule has 2 aromatic carbocycles. The van der Waals surface area contributed by atoms with Crippen LogP contribution in [0.1, 0.15) is 39.1 Å². The molecule has 25 heavy (non-hydrogen) atoms. The van der Waals surface area contributed by atoms with Gasteiger partial charge in [0.05, 0.1) is 0 Å². The fourth-order valence-corrected chi connectivity index (χ4v) is 3.27. The van der Waals surface area contributed by atoms with Gasteiger partial charge in [0.15, 0.2) is 5.78 Å². The van der Waals surface area contributed by atoms with Crippen LogP contribution in [-0.4, -0.2) is 29.7 Å². The number of nitrogens with zero attached hydrogens (tertiary/aromatic N) is 1. The number of carbonyl (C=O) groups excluding carboxylic acids is 2. The molecule has 1 amide bonds. The van der Waals surface area contributed by atoms with Crippen LogP contribution in [0.3, 0.4) is 0 Å². The smallest absolute Gasteiger partial charge is 0.254 e. The van der Waals surface area contributed by atoms with Crippen LogP contribution in [0.25, 0.3) is 0 Å². The van der Waals surface area contributed by atoms with Crippen molar-refractivity contribution in [3.05, 3.63) is 65.0 Å². The minimum absolute atomic E-state index is 0.0400. The molecular formula is C20H21FN2O2. The molecule has 2 aromatic rings. The lowest BCUT2D eigenvalue weighted by atomic mass is 9.89. The standard InChI is InChI=1S/C20H21FN2O2/c1-13-4-9-17(22)11-18(13)20(25)23-10-2-3-15(12-23)19(24)14-5-7-16(21)8-6-14/h4-9,11,15H,2-3,10,12,22H2,1H3. The van der Waals surface area contributed by atoms with Gasteiger partial charge in [-0.05, 0) is 61.7 Å². The molecule has 3 rings (SSSR count). The third-order valence-electron chi connectivity index (χ3n) is 4.70. The first-order valence-corrected chi connectivity index (χ1v) is 8.41. The predicted octanol–water partition coefficient (Wildman–Crippen LogP) is 3.45. The SMILES string of the molecule is Cc1ccc(N)cc1C(=O)N1CCCC(C(=O)c2ccc(F)cc2)C1. The number of halogens is 1. The number of hydrogen-bond donors (Lipinski definition) is 1. The molecule has 1 atom stereocenters. The van der Waals surface area contributed by atoms with Crippen LogP contribution in [0.5, 0.6) is 0 Å². The van der Waals surface area contributed by atoms with Gasteiger partial charge < -0.3 is 10.6 Å². The number of hydrogen-bond acceptors (Lipinski definition) is 3. The Bertz CT molecular complexity index is 802. The van der Waals surface area contributed by atoms with E-state index in [1.807, 2.05) is 13.0 Å². The minimum Gasteiger partial charge on any atom is -0.399 e. The Hall–Kier alpha value is -2.69. The van der Waals surface area contributed by atoms with E-state index in [-0.39, 0.29) is 23.4 Å². The van der Waals surface area contributed by atoms with Crippen molar-refractivity contribution in [3.8, 4) is 0 Å². The van der Waals surface area contributed by atoms with Crippen molar-refractivity contribution in [2.75, 3.05) is 18.8 Å². The summed E-state index contributed by atoms with van der Waals surface area (Å²) < 4.78 is 13.0. The van der Waals surface area contributed by atoms with Gasteiger partial charge >= 0.3 is 0 Å². The molecule has 0 radical (unpaired) electrons. The van der Waals surface area contributed by atoms with Crippen LogP contribution in [0.2, 0.25) is 0 Å². The summed E-state index contributed by atoms with van der Waals surface area (Å²) in [4.78, 5) is 27.2. The number of piperidine rings is 1. The van der Waals surface area contributed by atoms with Crippen molar-refractivity contribution in [1.82, 2.24) is 4.90 Å². The van der Waals surface area contributed by atoms with Crippen molar-refractivity contribution in [2.45, 2.75) is 19.8 Å². The lowest BCUT2D eigenvalue weighted by molar-refractivity contribution is 0.0636. The molecular weight excluding hydrogens is 319 g/mol. The molecule has 0 bridgehead atoms. The van der Waals surface area contributed by atoms with Crippen molar-refractivity contribution in [1.29, 1.82) is 0 Å². The fraction of sp³-hybridized carbons (Fsp3) is 0.300. The molecule has 0 aliphatic carbocycles. The Kier molecular flexibility index (Phi) is 4.83. The fourth-order valence-electron chi connectivity index (χ4n) is 3.27. The second kappa shape index (κ2) is 7.05. The number of aryl methyl sites for hydroxylation is 1. The molecule has 1 fully saturated rings. The highest BCUT2D eigenvalue weighted by Gasteiger charge is 2.30. The van der Waals surface area contributed by atoms with Crippen molar-refractivity contribution >= 4 is 17.4 Å². The number of anilines is 1. The summed E-state index contributed by atoms with van der Waals surface area (Å²) in [6.07, 6.45) is 1.50. The highest BCUT2D eigenvalue weighted by Crippen LogP contribution is 2.24. The molecule has 2 N–H and O–H groups in total. The molecule has 1 saturated heterocycles. The monoisotopic (exact) mass is 340 g/mol. The predicted molar refractivity (Wildman–Crippen MR) is 94.9 cm³/mol. The van der Waals surface area contributed by atoms with Gasteiger partial charge in [0.25, 0.3) is 5.91 Å². The van der Waals surface area contributed by atoms with Crippen LogP contribution < -0.4 is 5.73 Å². The Morgan fingerprint density at radius 2 is 1.88 bits per heavy atom. The number of amides is 1.